The van der Waals surface area contributed by atoms with Crippen LogP contribution in [-0.4, -0.2) is 50.4 Å². The van der Waals surface area contributed by atoms with Gasteiger partial charge in [-0.05, 0) is 24.1 Å². The minimum absolute atomic E-state index is 0.0343. The molecular weight excluding hydrogens is 387 g/mol. The number of ether oxygens (including phenoxy) is 1. The molecule has 1 amide bonds. The van der Waals surface area contributed by atoms with Crippen LogP contribution in [0.5, 0.6) is 0 Å². The Balaban J connectivity index is 1.50. The van der Waals surface area contributed by atoms with Gasteiger partial charge in [0.15, 0.2) is 0 Å². The van der Waals surface area contributed by atoms with Gasteiger partial charge in [-0.25, -0.2) is 8.42 Å². The summed E-state index contributed by atoms with van der Waals surface area (Å²) in [7, 11) is -5.35. The van der Waals surface area contributed by atoms with E-state index in [1.54, 1.807) is 4.90 Å². The van der Waals surface area contributed by atoms with Crippen LogP contribution in [0.4, 0.5) is 13.2 Å². The number of rotatable bonds is 5. The van der Waals surface area contributed by atoms with Crippen molar-refractivity contribution in [2.24, 2.45) is 5.92 Å². The number of amides is 1. The smallest absolute Gasteiger partial charge is 0.465 e. The van der Waals surface area contributed by atoms with E-state index in [-0.39, 0.29) is 23.7 Å². The summed E-state index contributed by atoms with van der Waals surface area (Å²) >= 11 is 0. The van der Waals surface area contributed by atoms with E-state index in [0.717, 1.165) is 12.1 Å². The van der Waals surface area contributed by atoms with Crippen molar-refractivity contribution >= 4 is 21.7 Å². The molecule has 2 aliphatic heterocycles. The van der Waals surface area contributed by atoms with Crippen molar-refractivity contribution in [3.05, 3.63) is 29.8 Å². The minimum Gasteiger partial charge on any atom is -0.465 e. The number of sulfone groups is 1. The maximum absolute atomic E-state index is 12.5. The van der Waals surface area contributed by atoms with Gasteiger partial charge in [-0.15, -0.1) is 0 Å². The van der Waals surface area contributed by atoms with Gasteiger partial charge in [0.25, 0.3) is 9.84 Å². The third kappa shape index (κ3) is 4.10. The molecule has 10 heteroatoms. The van der Waals surface area contributed by atoms with Crippen LogP contribution in [-0.2, 0) is 24.2 Å². The monoisotopic (exact) mass is 405 g/mol. The number of cyclic esters (lactones) is 1. The Bertz CT molecular complexity index is 829. The number of hydrogen-bond acceptors (Lipinski definition) is 5. The number of esters is 1. The molecule has 2 aliphatic rings. The van der Waals surface area contributed by atoms with Crippen molar-refractivity contribution in [2.45, 2.75) is 35.6 Å². The van der Waals surface area contributed by atoms with Gasteiger partial charge in [0.05, 0.1) is 17.9 Å². The number of hydrogen-bond donors (Lipinski definition) is 0. The fraction of sp³-hybridized carbons (Fsp3) is 0.529. The van der Waals surface area contributed by atoms with E-state index in [1.807, 2.05) is 0 Å². The summed E-state index contributed by atoms with van der Waals surface area (Å²) in [4.78, 5) is 24.0. The normalized spacial score (nSPS) is 21.1. The van der Waals surface area contributed by atoms with Crippen LogP contribution in [0, 0.1) is 5.92 Å². The molecule has 2 saturated heterocycles. The second-order valence-corrected chi connectivity index (χ2v) is 8.75. The average molecular weight is 405 g/mol. The van der Waals surface area contributed by atoms with E-state index in [1.165, 1.54) is 12.1 Å². The number of carbonyl (C=O) groups is 2. The molecule has 0 spiro atoms. The van der Waals surface area contributed by atoms with Crippen molar-refractivity contribution in [3.8, 4) is 0 Å². The van der Waals surface area contributed by atoms with Crippen molar-refractivity contribution in [1.82, 2.24) is 4.90 Å². The lowest BCUT2D eigenvalue weighted by molar-refractivity contribution is -0.138. The van der Waals surface area contributed by atoms with Crippen LogP contribution >= 0.6 is 0 Å². The van der Waals surface area contributed by atoms with E-state index in [2.05, 4.69) is 0 Å². The van der Waals surface area contributed by atoms with Crippen LogP contribution in [0.3, 0.4) is 0 Å². The van der Waals surface area contributed by atoms with Crippen LogP contribution < -0.4 is 0 Å². The molecule has 0 bridgehead atoms. The molecule has 1 aromatic rings. The lowest BCUT2D eigenvalue weighted by Crippen LogP contribution is -2.48. The standard InChI is InChI=1S/C17H18F3NO5S/c18-17(19,20)27(24,25)14-4-2-12(3-5-14)13-8-21(9-13)15(22)6-1-11-7-16(23)26-10-11/h2-5,11,13H,1,6-10H2/t11-/m0/s1. The van der Waals surface area contributed by atoms with E-state index < -0.39 is 20.2 Å². The summed E-state index contributed by atoms with van der Waals surface area (Å²) in [5, 5.41) is 0. The van der Waals surface area contributed by atoms with E-state index in [9.17, 15) is 31.2 Å². The summed E-state index contributed by atoms with van der Waals surface area (Å²) in [5.41, 5.74) is -4.64. The largest absolute Gasteiger partial charge is 0.501 e. The second-order valence-electron chi connectivity index (χ2n) is 6.81. The topological polar surface area (TPSA) is 80.8 Å². The predicted octanol–water partition coefficient (Wildman–Crippen LogP) is 2.25. The summed E-state index contributed by atoms with van der Waals surface area (Å²) in [5.74, 6) is -0.246. The van der Waals surface area contributed by atoms with Gasteiger partial charge in [0, 0.05) is 31.3 Å². The van der Waals surface area contributed by atoms with Gasteiger partial charge >= 0.3 is 11.5 Å². The summed E-state index contributed by atoms with van der Waals surface area (Å²) in [6.07, 6.45) is 1.23. The molecule has 0 unspecified atom stereocenters. The Morgan fingerprint density at radius 2 is 1.81 bits per heavy atom. The molecule has 1 atom stereocenters. The zero-order valence-electron chi connectivity index (χ0n) is 14.2. The molecule has 0 radical (unpaired) electrons. The number of likely N-dealkylation sites (tertiary alicyclic amines) is 1. The van der Waals surface area contributed by atoms with Gasteiger partial charge < -0.3 is 9.64 Å². The first-order valence-corrected chi connectivity index (χ1v) is 9.91. The Hall–Kier alpha value is -2.10. The molecule has 0 aliphatic carbocycles. The summed E-state index contributed by atoms with van der Waals surface area (Å²) in [6, 6.07) is 4.60. The van der Waals surface area contributed by atoms with Crippen molar-refractivity contribution in [3.63, 3.8) is 0 Å². The van der Waals surface area contributed by atoms with E-state index in [4.69, 9.17) is 4.74 Å². The minimum atomic E-state index is -5.35. The number of carbonyl (C=O) groups excluding carboxylic acids is 2. The highest BCUT2D eigenvalue weighted by molar-refractivity contribution is 7.92. The van der Waals surface area contributed by atoms with Crippen LogP contribution in [0.25, 0.3) is 0 Å². The van der Waals surface area contributed by atoms with Crippen LogP contribution in [0.1, 0.15) is 30.7 Å². The van der Waals surface area contributed by atoms with Gasteiger partial charge in [0.2, 0.25) is 5.91 Å². The van der Waals surface area contributed by atoms with Gasteiger partial charge in [0.1, 0.15) is 0 Å². The number of alkyl halides is 3. The molecule has 2 heterocycles. The Morgan fingerprint density at radius 3 is 2.33 bits per heavy atom. The molecule has 2 fully saturated rings. The van der Waals surface area contributed by atoms with E-state index in [0.29, 0.717) is 44.5 Å². The molecule has 1 aromatic carbocycles. The Kier molecular flexibility index (Phi) is 5.20. The second kappa shape index (κ2) is 7.14. The molecule has 148 valence electrons. The molecular formula is C17H18F3NO5S. The zero-order chi connectivity index (χ0) is 19.8. The molecule has 0 aromatic heterocycles. The first-order valence-electron chi connectivity index (χ1n) is 8.42. The predicted molar refractivity (Wildman–Crippen MR) is 87.3 cm³/mol. The van der Waals surface area contributed by atoms with Crippen LogP contribution in [0.2, 0.25) is 0 Å². The third-order valence-corrected chi connectivity index (χ3v) is 6.40. The van der Waals surface area contributed by atoms with Gasteiger partial charge in [-0.3, -0.25) is 9.59 Å². The Morgan fingerprint density at radius 1 is 1.19 bits per heavy atom. The fourth-order valence-electron chi connectivity index (χ4n) is 3.18. The molecule has 3 rings (SSSR count). The van der Waals surface area contributed by atoms with Gasteiger partial charge in [-0.1, -0.05) is 12.1 Å². The molecule has 6 nitrogen and oxygen atoms in total. The highest BCUT2D eigenvalue weighted by Crippen LogP contribution is 2.33. The molecule has 0 N–H and O–H groups in total. The highest BCUT2D eigenvalue weighted by Gasteiger charge is 2.46. The lowest BCUT2D eigenvalue weighted by atomic mass is 9.91. The van der Waals surface area contributed by atoms with Crippen molar-refractivity contribution < 1.29 is 35.9 Å². The average Bonchev–Trinajstić information content (AvgIpc) is 2.96. The first kappa shape index (κ1) is 19.7. The number of benzene rings is 1. The fourth-order valence-corrected chi connectivity index (χ4v) is 3.94. The maximum Gasteiger partial charge on any atom is 0.501 e. The molecule has 0 saturated carbocycles. The Labute approximate surface area is 154 Å². The lowest BCUT2D eigenvalue weighted by Gasteiger charge is -2.40. The first-order chi connectivity index (χ1) is 12.6. The number of nitrogens with zero attached hydrogens (tertiary/aromatic N) is 1. The maximum atomic E-state index is 12.5. The van der Waals surface area contributed by atoms with Crippen LogP contribution in [0.15, 0.2) is 29.2 Å². The molecule has 27 heavy (non-hydrogen) atoms. The SMILES string of the molecule is O=C1C[C@H](CCC(=O)N2CC(c3ccc(S(=O)(=O)C(F)(F)F)cc3)C2)CO1. The summed E-state index contributed by atoms with van der Waals surface area (Å²) < 4.78 is 65.2. The third-order valence-electron chi connectivity index (χ3n) is 4.90. The number of halogens is 3. The highest BCUT2D eigenvalue weighted by atomic mass is 32.2. The quantitative estimate of drug-likeness (QED) is 0.702. The summed E-state index contributed by atoms with van der Waals surface area (Å²) in [6.45, 7) is 1.22. The zero-order valence-corrected chi connectivity index (χ0v) is 15.1. The van der Waals surface area contributed by atoms with Crippen molar-refractivity contribution in [2.75, 3.05) is 19.7 Å². The van der Waals surface area contributed by atoms with Crippen molar-refractivity contribution in [1.29, 1.82) is 0 Å². The van der Waals surface area contributed by atoms with Gasteiger partial charge in [-0.2, -0.15) is 13.2 Å². The van der Waals surface area contributed by atoms with E-state index >= 15 is 0 Å².